The van der Waals surface area contributed by atoms with Gasteiger partial charge in [-0.05, 0) is 25.0 Å². The van der Waals surface area contributed by atoms with Crippen LogP contribution in [0.25, 0.3) is 0 Å². The molecule has 1 aliphatic heterocycles. The number of pyridine rings is 1. The summed E-state index contributed by atoms with van der Waals surface area (Å²) >= 11 is 0. The molecule has 2 aromatic heterocycles. The Labute approximate surface area is 123 Å². The summed E-state index contributed by atoms with van der Waals surface area (Å²) in [7, 11) is -1.73. The van der Waals surface area contributed by atoms with Crippen LogP contribution >= 0.6 is 0 Å². The van der Waals surface area contributed by atoms with Crippen molar-refractivity contribution in [3.63, 3.8) is 0 Å². The molecule has 1 aliphatic rings. The maximum Gasteiger partial charge on any atom is 0.245 e. The standard InChI is InChI=1S/C13H17N5O2S/c1-17-10-15-16-13(17)12-6-2-3-8-18(12)21(19,20)11-5-4-7-14-9-11/h4-5,7,9-10,12H,2-3,6,8H2,1H3. The van der Waals surface area contributed by atoms with Crippen molar-refractivity contribution < 1.29 is 8.42 Å². The van der Waals surface area contributed by atoms with Crippen molar-refractivity contribution in [2.45, 2.75) is 30.2 Å². The van der Waals surface area contributed by atoms with Crippen LogP contribution in [0.15, 0.2) is 35.7 Å². The summed E-state index contributed by atoms with van der Waals surface area (Å²) in [4.78, 5) is 4.13. The fourth-order valence-corrected chi connectivity index (χ4v) is 4.30. The van der Waals surface area contributed by atoms with E-state index in [-0.39, 0.29) is 10.9 Å². The van der Waals surface area contributed by atoms with Crippen LogP contribution < -0.4 is 0 Å². The van der Waals surface area contributed by atoms with Gasteiger partial charge in [0.1, 0.15) is 11.2 Å². The van der Waals surface area contributed by atoms with Gasteiger partial charge in [0, 0.05) is 26.0 Å². The summed E-state index contributed by atoms with van der Waals surface area (Å²) in [6, 6.07) is 2.94. The minimum Gasteiger partial charge on any atom is -0.319 e. The van der Waals surface area contributed by atoms with Crippen LogP contribution in [0.1, 0.15) is 31.1 Å². The molecule has 2 aromatic rings. The van der Waals surface area contributed by atoms with Crippen molar-refractivity contribution in [3.8, 4) is 0 Å². The SMILES string of the molecule is Cn1cnnc1C1CCCCN1S(=O)(=O)c1cccnc1. The molecule has 0 aromatic carbocycles. The van der Waals surface area contributed by atoms with Crippen molar-refractivity contribution >= 4 is 10.0 Å². The topological polar surface area (TPSA) is 81.0 Å². The smallest absolute Gasteiger partial charge is 0.245 e. The Kier molecular flexibility index (Phi) is 3.73. The minimum absolute atomic E-state index is 0.221. The molecule has 21 heavy (non-hydrogen) atoms. The number of sulfonamides is 1. The van der Waals surface area contributed by atoms with E-state index in [0.717, 1.165) is 19.3 Å². The normalized spacial score (nSPS) is 20.5. The first-order valence-electron chi connectivity index (χ1n) is 6.86. The van der Waals surface area contributed by atoms with Crippen molar-refractivity contribution in [3.05, 3.63) is 36.7 Å². The van der Waals surface area contributed by atoms with Crippen molar-refractivity contribution in [1.82, 2.24) is 24.1 Å². The predicted molar refractivity (Wildman–Crippen MR) is 75.7 cm³/mol. The molecule has 1 fully saturated rings. The third-order valence-corrected chi connectivity index (χ3v) is 5.63. The lowest BCUT2D eigenvalue weighted by molar-refractivity contribution is 0.242. The molecule has 0 saturated carbocycles. The van der Waals surface area contributed by atoms with Crippen LogP contribution in [0, 0.1) is 0 Å². The second-order valence-corrected chi connectivity index (χ2v) is 7.01. The zero-order chi connectivity index (χ0) is 14.9. The van der Waals surface area contributed by atoms with Gasteiger partial charge in [-0.25, -0.2) is 8.42 Å². The second kappa shape index (κ2) is 5.53. The highest BCUT2D eigenvalue weighted by molar-refractivity contribution is 7.89. The van der Waals surface area contributed by atoms with Crippen LogP contribution in [0.3, 0.4) is 0 Å². The van der Waals surface area contributed by atoms with Gasteiger partial charge in [0.15, 0.2) is 5.82 Å². The van der Waals surface area contributed by atoms with Crippen LogP contribution in [-0.2, 0) is 17.1 Å². The van der Waals surface area contributed by atoms with Gasteiger partial charge in [-0.1, -0.05) is 6.42 Å². The third-order valence-electron chi connectivity index (χ3n) is 3.74. The summed E-state index contributed by atoms with van der Waals surface area (Å²) in [5, 5.41) is 7.95. The molecule has 0 N–H and O–H groups in total. The first-order valence-corrected chi connectivity index (χ1v) is 8.30. The van der Waals surface area contributed by atoms with E-state index < -0.39 is 10.0 Å². The number of piperidine rings is 1. The van der Waals surface area contributed by atoms with Crippen LogP contribution in [0.4, 0.5) is 0 Å². The molecule has 0 bridgehead atoms. The summed E-state index contributed by atoms with van der Waals surface area (Å²) < 4.78 is 29.0. The number of aromatic nitrogens is 4. The van der Waals surface area contributed by atoms with Gasteiger partial charge in [0.25, 0.3) is 0 Å². The fourth-order valence-electron chi connectivity index (χ4n) is 2.68. The highest BCUT2D eigenvalue weighted by Gasteiger charge is 2.36. The molecule has 0 amide bonds. The summed E-state index contributed by atoms with van der Waals surface area (Å²) in [6.45, 7) is 0.495. The summed E-state index contributed by atoms with van der Waals surface area (Å²) in [5.74, 6) is 0.683. The zero-order valence-corrected chi connectivity index (χ0v) is 12.6. The van der Waals surface area contributed by atoms with Gasteiger partial charge in [-0.2, -0.15) is 4.31 Å². The monoisotopic (exact) mass is 307 g/mol. The molecule has 7 nitrogen and oxygen atoms in total. The Morgan fingerprint density at radius 1 is 1.33 bits per heavy atom. The van der Waals surface area contributed by atoms with Crippen molar-refractivity contribution in [2.75, 3.05) is 6.54 Å². The molecule has 0 spiro atoms. The molecular weight excluding hydrogens is 290 g/mol. The number of rotatable bonds is 3. The quantitative estimate of drug-likeness (QED) is 0.849. The lowest BCUT2D eigenvalue weighted by Gasteiger charge is -2.33. The minimum atomic E-state index is -3.56. The molecule has 3 heterocycles. The Hall–Kier alpha value is -1.80. The van der Waals surface area contributed by atoms with E-state index in [0.29, 0.717) is 12.4 Å². The van der Waals surface area contributed by atoms with Gasteiger partial charge in [0.2, 0.25) is 10.0 Å². The first-order chi connectivity index (χ1) is 10.1. The molecule has 0 aliphatic carbocycles. The van der Waals surface area contributed by atoms with Crippen LogP contribution in [0.5, 0.6) is 0 Å². The Balaban J connectivity index is 2.01. The molecule has 8 heteroatoms. The Morgan fingerprint density at radius 2 is 2.19 bits per heavy atom. The molecule has 1 atom stereocenters. The van der Waals surface area contributed by atoms with Gasteiger partial charge in [0.05, 0.1) is 6.04 Å². The lowest BCUT2D eigenvalue weighted by atomic mass is 10.0. The van der Waals surface area contributed by atoms with Crippen LogP contribution in [-0.4, -0.2) is 39.0 Å². The number of aryl methyl sites for hydroxylation is 1. The van der Waals surface area contributed by atoms with Gasteiger partial charge >= 0.3 is 0 Å². The number of nitrogens with zero attached hydrogens (tertiary/aromatic N) is 5. The summed E-state index contributed by atoms with van der Waals surface area (Å²) in [5.41, 5.74) is 0. The predicted octanol–water partition coefficient (Wildman–Crippen LogP) is 1.13. The van der Waals surface area contributed by atoms with Gasteiger partial charge in [-0.15, -0.1) is 10.2 Å². The Bertz CT molecular complexity index is 713. The average molecular weight is 307 g/mol. The highest BCUT2D eigenvalue weighted by Crippen LogP contribution is 2.33. The van der Waals surface area contributed by atoms with E-state index in [1.54, 1.807) is 29.2 Å². The molecular formula is C13H17N5O2S. The maximum absolute atomic E-state index is 12.8. The molecule has 112 valence electrons. The zero-order valence-electron chi connectivity index (χ0n) is 11.8. The van der Waals surface area contributed by atoms with E-state index >= 15 is 0 Å². The van der Waals surface area contributed by atoms with Crippen molar-refractivity contribution in [2.24, 2.45) is 7.05 Å². The maximum atomic E-state index is 12.8. The number of hydrogen-bond acceptors (Lipinski definition) is 5. The Morgan fingerprint density at radius 3 is 2.86 bits per heavy atom. The first kappa shape index (κ1) is 14.2. The molecule has 1 unspecified atom stereocenters. The van der Waals surface area contributed by atoms with E-state index in [1.807, 2.05) is 7.05 Å². The van der Waals surface area contributed by atoms with Crippen LogP contribution in [0.2, 0.25) is 0 Å². The van der Waals surface area contributed by atoms with Gasteiger partial charge < -0.3 is 4.57 Å². The average Bonchev–Trinajstić information content (AvgIpc) is 2.94. The highest BCUT2D eigenvalue weighted by atomic mass is 32.2. The molecule has 3 rings (SSSR count). The van der Waals surface area contributed by atoms with E-state index in [9.17, 15) is 8.42 Å². The van der Waals surface area contributed by atoms with Gasteiger partial charge in [-0.3, -0.25) is 4.98 Å². The molecule has 1 saturated heterocycles. The largest absolute Gasteiger partial charge is 0.319 e. The number of hydrogen-bond donors (Lipinski definition) is 0. The molecule has 0 radical (unpaired) electrons. The third kappa shape index (κ3) is 2.56. The lowest BCUT2D eigenvalue weighted by Crippen LogP contribution is -2.39. The second-order valence-electron chi connectivity index (χ2n) is 5.12. The fraction of sp³-hybridized carbons (Fsp3) is 0.462. The van der Waals surface area contributed by atoms with E-state index in [4.69, 9.17) is 0 Å². The summed E-state index contributed by atoms with van der Waals surface area (Å²) in [6.07, 6.45) is 7.14. The van der Waals surface area contributed by atoms with E-state index in [2.05, 4.69) is 15.2 Å². The van der Waals surface area contributed by atoms with E-state index in [1.165, 1.54) is 10.5 Å². The van der Waals surface area contributed by atoms with Crippen molar-refractivity contribution in [1.29, 1.82) is 0 Å².